The fourth-order valence-corrected chi connectivity index (χ4v) is 5.31. The molecule has 1 aliphatic carbocycles. The van der Waals surface area contributed by atoms with Gasteiger partial charge in [0.2, 0.25) is 0 Å². The second-order valence-electron chi connectivity index (χ2n) is 9.59. The maximum atomic E-state index is 11.0. The Balaban J connectivity index is 2.44. The van der Waals surface area contributed by atoms with E-state index in [0.717, 1.165) is 38.5 Å². The zero-order valence-electron chi connectivity index (χ0n) is 19.4. The quantitative estimate of drug-likeness (QED) is 0.192. The van der Waals surface area contributed by atoms with Gasteiger partial charge in [0, 0.05) is 0 Å². The third-order valence-corrected chi connectivity index (χ3v) is 7.34. The summed E-state index contributed by atoms with van der Waals surface area (Å²) in [5.41, 5.74) is 0. The summed E-state index contributed by atoms with van der Waals surface area (Å²) >= 11 is 0. The third-order valence-electron chi connectivity index (χ3n) is 7.34. The van der Waals surface area contributed by atoms with Gasteiger partial charge in [-0.3, -0.25) is 19.2 Å². The Hall–Kier alpha value is -2.12. The van der Waals surface area contributed by atoms with Crippen LogP contribution in [0.2, 0.25) is 0 Å². The van der Waals surface area contributed by atoms with E-state index < -0.39 is 35.7 Å². The molecule has 32 heavy (non-hydrogen) atoms. The number of rotatable bonds is 16. The molecule has 0 aromatic rings. The lowest BCUT2D eigenvalue weighted by Gasteiger charge is -2.41. The van der Waals surface area contributed by atoms with E-state index in [1.54, 1.807) is 0 Å². The monoisotopic (exact) mass is 456 g/mol. The minimum atomic E-state index is -1.32. The maximum Gasteiger partial charge on any atom is 0.317 e. The lowest BCUT2D eigenvalue weighted by molar-refractivity contribution is -0.156. The molecule has 0 aromatic carbocycles. The Morgan fingerprint density at radius 1 is 0.594 bits per heavy atom. The van der Waals surface area contributed by atoms with Crippen molar-refractivity contribution in [2.24, 2.45) is 35.5 Å². The van der Waals surface area contributed by atoms with Crippen molar-refractivity contribution in [3.63, 3.8) is 0 Å². The molecule has 184 valence electrons. The molecule has 0 bridgehead atoms. The van der Waals surface area contributed by atoms with Crippen LogP contribution in [-0.4, -0.2) is 44.3 Å². The van der Waals surface area contributed by atoms with E-state index in [2.05, 4.69) is 13.8 Å². The first kappa shape index (κ1) is 27.9. The van der Waals surface area contributed by atoms with Gasteiger partial charge >= 0.3 is 23.9 Å². The van der Waals surface area contributed by atoms with Gasteiger partial charge < -0.3 is 20.4 Å². The molecule has 0 spiro atoms. The molecule has 4 atom stereocenters. The first-order valence-electron chi connectivity index (χ1n) is 12.0. The molecule has 4 N–H and O–H groups in total. The van der Waals surface area contributed by atoms with Crippen LogP contribution in [0.5, 0.6) is 0 Å². The zero-order chi connectivity index (χ0) is 24.3. The first-order valence-corrected chi connectivity index (χ1v) is 12.0. The van der Waals surface area contributed by atoms with Crippen molar-refractivity contribution in [1.29, 1.82) is 0 Å². The molecule has 8 nitrogen and oxygen atoms in total. The van der Waals surface area contributed by atoms with Crippen molar-refractivity contribution in [3.8, 4) is 0 Å². The van der Waals surface area contributed by atoms with Gasteiger partial charge in [0.05, 0.1) is 0 Å². The summed E-state index contributed by atoms with van der Waals surface area (Å²) in [6, 6.07) is 0. The van der Waals surface area contributed by atoms with Gasteiger partial charge in [0.15, 0.2) is 11.8 Å². The van der Waals surface area contributed by atoms with Crippen molar-refractivity contribution < 1.29 is 39.6 Å². The number of carboxylic acids is 4. The molecule has 1 fully saturated rings. The number of aliphatic carboxylic acids is 4. The molecule has 1 saturated carbocycles. The van der Waals surface area contributed by atoms with Crippen LogP contribution in [0.15, 0.2) is 0 Å². The highest BCUT2D eigenvalue weighted by atomic mass is 16.4. The summed E-state index contributed by atoms with van der Waals surface area (Å²) in [4.78, 5) is 43.9. The average Bonchev–Trinajstić information content (AvgIpc) is 2.69. The van der Waals surface area contributed by atoms with E-state index in [0.29, 0.717) is 36.5 Å². The Morgan fingerprint density at radius 3 is 1.19 bits per heavy atom. The lowest BCUT2D eigenvalue weighted by Crippen LogP contribution is -2.32. The van der Waals surface area contributed by atoms with Crippen LogP contribution < -0.4 is 0 Å². The number of carboxylic acid groups (broad SMARTS) is 4. The van der Waals surface area contributed by atoms with Crippen LogP contribution in [0.4, 0.5) is 0 Å². The minimum absolute atomic E-state index is 0.165. The van der Waals surface area contributed by atoms with E-state index in [1.807, 2.05) is 0 Å². The summed E-state index contributed by atoms with van der Waals surface area (Å²) in [5, 5.41) is 35.9. The number of carbonyl (C=O) groups is 4. The smallest absolute Gasteiger partial charge is 0.317 e. The topological polar surface area (TPSA) is 149 Å². The molecule has 0 aromatic heterocycles. The Labute approximate surface area is 190 Å². The molecular formula is C24H40O8. The second-order valence-corrected chi connectivity index (χ2v) is 9.59. The summed E-state index contributed by atoms with van der Waals surface area (Å²) in [5.74, 6) is -5.34. The minimum Gasteiger partial charge on any atom is -0.481 e. The standard InChI is InChI=1S/C24H40O8/c1-15-13-14-16(2)18(10-6-4-8-12-20(23(29)30)24(31)32)17(15)9-5-3-7-11-19(21(25)26)22(27)28/h15-20H,3-14H2,1-2H3,(H,25,26)(H,27,28)(H,29,30)(H,31,32). The van der Waals surface area contributed by atoms with Gasteiger partial charge in [-0.25, -0.2) is 0 Å². The molecule has 1 rings (SSSR count). The van der Waals surface area contributed by atoms with Gasteiger partial charge in [-0.05, 0) is 49.4 Å². The fourth-order valence-electron chi connectivity index (χ4n) is 5.31. The van der Waals surface area contributed by atoms with Gasteiger partial charge in [0.25, 0.3) is 0 Å². The van der Waals surface area contributed by atoms with Crippen LogP contribution in [0.25, 0.3) is 0 Å². The van der Waals surface area contributed by atoms with Gasteiger partial charge in [-0.15, -0.1) is 0 Å². The zero-order valence-corrected chi connectivity index (χ0v) is 19.4. The van der Waals surface area contributed by atoms with Crippen LogP contribution in [0, 0.1) is 35.5 Å². The van der Waals surface area contributed by atoms with Crippen LogP contribution in [-0.2, 0) is 19.2 Å². The van der Waals surface area contributed by atoms with Crippen LogP contribution >= 0.6 is 0 Å². The van der Waals surface area contributed by atoms with Gasteiger partial charge in [-0.2, -0.15) is 0 Å². The van der Waals surface area contributed by atoms with Crippen LogP contribution in [0.1, 0.15) is 90.9 Å². The highest BCUT2D eigenvalue weighted by molar-refractivity contribution is 5.93. The number of hydrogen-bond acceptors (Lipinski definition) is 4. The van der Waals surface area contributed by atoms with Crippen molar-refractivity contribution in [2.45, 2.75) is 90.9 Å². The normalized spacial score (nSPS) is 23.4. The lowest BCUT2D eigenvalue weighted by atomic mass is 9.64. The van der Waals surface area contributed by atoms with Gasteiger partial charge in [0.1, 0.15) is 0 Å². The Kier molecular flexibility index (Phi) is 12.3. The molecule has 0 radical (unpaired) electrons. The van der Waals surface area contributed by atoms with Crippen molar-refractivity contribution in [3.05, 3.63) is 0 Å². The molecule has 4 unspecified atom stereocenters. The third kappa shape index (κ3) is 9.17. The van der Waals surface area contributed by atoms with E-state index in [4.69, 9.17) is 20.4 Å². The number of unbranched alkanes of at least 4 members (excludes halogenated alkanes) is 4. The largest absolute Gasteiger partial charge is 0.481 e. The summed E-state index contributed by atoms with van der Waals surface area (Å²) < 4.78 is 0. The Bertz CT molecular complexity index is 549. The van der Waals surface area contributed by atoms with E-state index in [9.17, 15) is 19.2 Å². The highest BCUT2D eigenvalue weighted by Crippen LogP contribution is 2.43. The predicted molar refractivity (Wildman–Crippen MR) is 118 cm³/mol. The maximum absolute atomic E-state index is 11.0. The first-order chi connectivity index (χ1) is 15.1. The molecule has 1 aliphatic rings. The molecule has 0 heterocycles. The van der Waals surface area contributed by atoms with E-state index in [-0.39, 0.29) is 12.8 Å². The summed E-state index contributed by atoms with van der Waals surface area (Å²) in [7, 11) is 0. The fraction of sp³-hybridized carbons (Fsp3) is 0.833. The molecule has 0 saturated heterocycles. The molecule has 8 heteroatoms. The highest BCUT2D eigenvalue weighted by Gasteiger charge is 2.34. The molecular weight excluding hydrogens is 416 g/mol. The van der Waals surface area contributed by atoms with E-state index >= 15 is 0 Å². The number of hydrogen-bond donors (Lipinski definition) is 4. The summed E-state index contributed by atoms with van der Waals surface area (Å²) in [6.45, 7) is 4.58. The van der Waals surface area contributed by atoms with E-state index in [1.165, 1.54) is 12.8 Å². The SMILES string of the molecule is CC1CCC(C)C(CCCCCC(C(=O)O)C(=O)O)C1CCCCCC(C(=O)O)C(=O)O. The molecule has 0 amide bonds. The Morgan fingerprint density at radius 2 is 0.906 bits per heavy atom. The second kappa shape index (κ2) is 14.1. The van der Waals surface area contributed by atoms with Crippen molar-refractivity contribution >= 4 is 23.9 Å². The average molecular weight is 457 g/mol. The summed E-state index contributed by atoms with van der Waals surface area (Å²) in [6.07, 6.45) is 9.60. The van der Waals surface area contributed by atoms with Crippen LogP contribution in [0.3, 0.4) is 0 Å². The molecule has 0 aliphatic heterocycles. The van der Waals surface area contributed by atoms with Crippen molar-refractivity contribution in [2.75, 3.05) is 0 Å². The van der Waals surface area contributed by atoms with Gasteiger partial charge in [-0.1, -0.05) is 65.2 Å². The van der Waals surface area contributed by atoms with Crippen molar-refractivity contribution in [1.82, 2.24) is 0 Å². The predicted octanol–water partition coefficient (Wildman–Crippen LogP) is 4.76.